The number of thioether (sulfide) groups is 1. The van der Waals surface area contributed by atoms with Gasteiger partial charge >= 0.3 is 6.18 Å². The maximum absolute atomic E-state index is 12.9. The Kier molecular flexibility index (Phi) is 6.55. The first-order valence-corrected chi connectivity index (χ1v) is 13.7. The third kappa shape index (κ3) is 4.99. The number of aromatic nitrogens is 4. The Bertz CT molecular complexity index is 1400. The lowest BCUT2D eigenvalue weighted by atomic mass is 9.97. The van der Waals surface area contributed by atoms with Crippen molar-refractivity contribution >= 4 is 11.8 Å². The number of oxazole rings is 1. The summed E-state index contributed by atoms with van der Waals surface area (Å²) in [6.45, 7) is 3.09. The van der Waals surface area contributed by atoms with Gasteiger partial charge in [-0.05, 0) is 73.5 Å². The van der Waals surface area contributed by atoms with Crippen LogP contribution in [0.4, 0.5) is 13.2 Å². The van der Waals surface area contributed by atoms with Gasteiger partial charge in [-0.3, -0.25) is 0 Å². The lowest BCUT2D eigenvalue weighted by Crippen LogP contribution is -2.23. The van der Waals surface area contributed by atoms with Crippen molar-refractivity contribution in [3.8, 4) is 22.8 Å². The molecular weight excluding hydrogens is 511 g/mol. The first-order valence-electron chi connectivity index (χ1n) is 12.7. The van der Waals surface area contributed by atoms with E-state index in [9.17, 15) is 13.2 Å². The van der Waals surface area contributed by atoms with Crippen molar-refractivity contribution in [1.82, 2.24) is 24.6 Å². The molecule has 6 nitrogen and oxygen atoms in total. The zero-order chi connectivity index (χ0) is 26.3. The minimum atomic E-state index is -4.28. The van der Waals surface area contributed by atoms with Crippen LogP contribution < -0.4 is 0 Å². The Balaban J connectivity index is 0.991. The quantitative estimate of drug-likeness (QED) is 0.188. The fourth-order valence-electron chi connectivity index (χ4n) is 5.65. The monoisotopic (exact) mass is 539 g/mol. The van der Waals surface area contributed by atoms with Crippen LogP contribution >= 0.6 is 11.8 Å². The van der Waals surface area contributed by atoms with Crippen LogP contribution in [-0.4, -0.2) is 50.0 Å². The van der Waals surface area contributed by atoms with E-state index in [1.165, 1.54) is 12.1 Å². The molecule has 2 fully saturated rings. The molecule has 1 aliphatic heterocycles. The second-order valence-electron chi connectivity index (χ2n) is 10.3. The Labute approximate surface area is 223 Å². The van der Waals surface area contributed by atoms with Crippen LogP contribution in [0.15, 0.2) is 70.6 Å². The van der Waals surface area contributed by atoms with Gasteiger partial charge in [-0.2, -0.15) is 13.2 Å². The summed E-state index contributed by atoms with van der Waals surface area (Å²) in [5.74, 6) is 2.69. The maximum Gasteiger partial charge on any atom is 0.416 e. The molecule has 0 bridgehead atoms. The molecule has 10 heteroatoms. The summed E-state index contributed by atoms with van der Waals surface area (Å²) in [6, 6.07) is 13.7. The molecule has 2 aliphatic rings. The van der Waals surface area contributed by atoms with E-state index >= 15 is 0 Å². The minimum Gasteiger partial charge on any atom is -0.445 e. The summed E-state index contributed by atoms with van der Waals surface area (Å²) in [4.78, 5) is 6.72. The number of rotatable bonds is 8. The van der Waals surface area contributed by atoms with Crippen molar-refractivity contribution in [3.05, 3.63) is 72.1 Å². The molecule has 2 unspecified atom stereocenters. The van der Waals surface area contributed by atoms with Crippen molar-refractivity contribution in [2.45, 2.75) is 36.5 Å². The van der Waals surface area contributed by atoms with Crippen LogP contribution in [0.5, 0.6) is 0 Å². The predicted molar refractivity (Wildman–Crippen MR) is 140 cm³/mol. The van der Waals surface area contributed by atoms with E-state index in [1.54, 1.807) is 36.4 Å². The SMILES string of the molecule is Cn1c(SCCCN2CCC3(CC3c3ccc(C(F)(F)F)cc3)C2)nnc1-c1cccc(-c2ncco2)c1. The van der Waals surface area contributed by atoms with Crippen molar-refractivity contribution in [2.75, 3.05) is 25.4 Å². The van der Waals surface area contributed by atoms with Crippen LogP contribution in [-0.2, 0) is 13.2 Å². The number of nitrogens with zero attached hydrogens (tertiary/aromatic N) is 5. The highest BCUT2D eigenvalue weighted by Crippen LogP contribution is 2.64. The van der Waals surface area contributed by atoms with Gasteiger partial charge in [0.2, 0.25) is 5.89 Å². The summed E-state index contributed by atoms with van der Waals surface area (Å²) in [5.41, 5.74) is 2.56. The minimum absolute atomic E-state index is 0.241. The zero-order valence-electron chi connectivity index (χ0n) is 21.0. The van der Waals surface area contributed by atoms with Crippen LogP contribution in [0.1, 0.15) is 36.3 Å². The van der Waals surface area contributed by atoms with E-state index in [0.717, 1.165) is 72.3 Å². The Hall–Kier alpha value is -3.11. The van der Waals surface area contributed by atoms with Gasteiger partial charge in [0, 0.05) is 30.5 Å². The average molecular weight is 540 g/mol. The molecular formula is C28H28F3N5OS. The third-order valence-corrected chi connectivity index (χ3v) is 8.89. The Morgan fingerprint density at radius 2 is 1.92 bits per heavy atom. The van der Waals surface area contributed by atoms with Gasteiger partial charge in [0.25, 0.3) is 0 Å². The second kappa shape index (κ2) is 9.89. The van der Waals surface area contributed by atoms with Gasteiger partial charge in [0.05, 0.1) is 11.8 Å². The van der Waals surface area contributed by atoms with Crippen molar-refractivity contribution < 1.29 is 17.6 Å². The highest BCUT2D eigenvalue weighted by molar-refractivity contribution is 7.99. The highest BCUT2D eigenvalue weighted by atomic mass is 32.2. The second-order valence-corrected chi connectivity index (χ2v) is 11.3. The van der Waals surface area contributed by atoms with Crippen LogP contribution in [0.25, 0.3) is 22.8 Å². The third-order valence-electron chi connectivity index (χ3n) is 7.78. The first kappa shape index (κ1) is 25.2. The Morgan fingerprint density at radius 3 is 2.68 bits per heavy atom. The van der Waals surface area contributed by atoms with E-state index in [1.807, 2.05) is 35.9 Å². The summed E-state index contributed by atoms with van der Waals surface area (Å²) < 4.78 is 46.1. The zero-order valence-corrected chi connectivity index (χ0v) is 21.8. The molecule has 2 aromatic carbocycles. The molecule has 6 rings (SSSR count). The lowest BCUT2D eigenvalue weighted by Gasteiger charge is -2.16. The van der Waals surface area contributed by atoms with Crippen LogP contribution in [0.3, 0.4) is 0 Å². The van der Waals surface area contributed by atoms with Gasteiger partial charge in [0.1, 0.15) is 6.26 Å². The van der Waals surface area contributed by atoms with E-state index < -0.39 is 11.7 Å². The number of hydrogen-bond acceptors (Lipinski definition) is 6. The maximum atomic E-state index is 12.9. The van der Waals surface area contributed by atoms with Crippen LogP contribution in [0, 0.1) is 5.41 Å². The summed E-state index contributed by atoms with van der Waals surface area (Å²) in [6.07, 6.45) is 2.13. The average Bonchev–Trinajstić information content (AvgIpc) is 3.29. The smallest absolute Gasteiger partial charge is 0.416 e. The highest BCUT2D eigenvalue weighted by Gasteiger charge is 2.57. The number of halogens is 3. The molecule has 0 N–H and O–H groups in total. The molecule has 3 heterocycles. The normalized spacial score (nSPS) is 21.4. The van der Waals surface area contributed by atoms with Crippen molar-refractivity contribution in [2.24, 2.45) is 12.5 Å². The van der Waals surface area contributed by atoms with E-state index in [2.05, 4.69) is 20.1 Å². The molecule has 1 spiro atoms. The first-order chi connectivity index (χ1) is 18.3. The largest absolute Gasteiger partial charge is 0.445 e. The fraction of sp³-hybridized carbons (Fsp3) is 0.393. The van der Waals surface area contributed by atoms with E-state index in [-0.39, 0.29) is 5.41 Å². The molecule has 1 saturated carbocycles. The van der Waals surface area contributed by atoms with Gasteiger partial charge in [-0.15, -0.1) is 10.2 Å². The standard InChI is InChI=1S/C28H28F3N5OS/c1-35-24(20-4-2-5-21(16-20)25-32-11-14-37-25)33-34-26(35)38-15-3-12-36-13-10-27(18-36)17-23(27)19-6-8-22(9-7-19)28(29,30)31/h2,4-9,11,14,16,23H,3,10,12-13,15,17-18H2,1H3. The van der Waals surface area contributed by atoms with Crippen molar-refractivity contribution in [1.29, 1.82) is 0 Å². The molecule has 1 aliphatic carbocycles. The van der Waals surface area contributed by atoms with Crippen LogP contribution in [0.2, 0.25) is 0 Å². The number of benzene rings is 2. The number of alkyl halides is 3. The van der Waals surface area contributed by atoms with Gasteiger partial charge < -0.3 is 13.9 Å². The number of likely N-dealkylation sites (tertiary alicyclic amines) is 1. The van der Waals surface area contributed by atoms with Gasteiger partial charge in [-0.1, -0.05) is 36.0 Å². The lowest BCUT2D eigenvalue weighted by molar-refractivity contribution is -0.137. The molecule has 2 atom stereocenters. The van der Waals surface area contributed by atoms with Gasteiger partial charge in [-0.25, -0.2) is 4.98 Å². The molecule has 2 aromatic heterocycles. The summed E-state index contributed by atoms with van der Waals surface area (Å²) in [5, 5.41) is 9.70. The van der Waals surface area contributed by atoms with Crippen molar-refractivity contribution in [3.63, 3.8) is 0 Å². The van der Waals surface area contributed by atoms with E-state index in [4.69, 9.17) is 4.42 Å². The summed E-state index contributed by atoms with van der Waals surface area (Å²) in [7, 11) is 1.98. The van der Waals surface area contributed by atoms with E-state index in [0.29, 0.717) is 11.8 Å². The molecule has 4 aromatic rings. The molecule has 1 saturated heterocycles. The van der Waals surface area contributed by atoms with Gasteiger partial charge in [0.15, 0.2) is 11.0 Å². The molecule has 0 radical (unpaired) electrons. The molecule has 38 heavy (non-hydrogen) atoms. The predicted octanol–water partition coefficient (Wildman–Crippen LogP) is 6.52. The fourth-order valence-corrected chi connectivity index (χ4v) is 6.49. The molecule has 198 valence electrons. The summed E-state index contributed by atoms with van der Waals surface area (Å²) >= 11 is 1.70. The Morgan fingerprint density at radius 1 is 1.11 bits per heavy atom. The number of hydrogen-bond donors (Lipinski definition) is 0. The molecule has 0 amide bonds. The topological polar surface area (TPSA) is 60.0 Å².